The van der Waals surface area contributed by atoms with Crippen molar-refractivity contribution in [2.45, 2.75) is 10.6 Å². The van der Waals surface area contributed by atoms with Crippen molar-refractivity contribution >= 4 is 16.5 Å². The molecule has 2 rings (SSSR count). The number of nitriles is 1. The van der Waals surface area contributed by atoms with Gasteiger partial charge in [-0.05, 0) is 29.8 Å². The maximum absolute atomic E-state index is 13.6. The van der Waals surface area contributed by atoms with Gasteiger partial charge in [0.1, 0.15) is 28.4 Å². The first kappa shape index (κ1) is 15.1. The number of nitrogens with zero attached hydrogens (tertiary/aromatic N) is 1. The predicted octanol–water partition coefficient (Wildman–Crippen LogP) is 2.87. The van der Waals surface area contributed by atoms with Gasteiger partial charge in [-0.1, -0.05) is 6.07 Å². The Morgan fingerprint density at radius 1 is 1.10 bits per heavy atom. The van der Waals surface area contributed by atoms with Crippen molar-refractivity contribution in [3.63, 3.8) is 0 Å². The normalized spacial score (nSPS) is 11.9. The van der Waals surface area contributed by atoms with Crippen LogP contribution in [0.5, 0.6) is 0 Å². The number of benzene rings is 2. The van der Waals surface area contributed by atoms with Crippen molar-refractivity contribution in [2.75, 3.05) is 5.73 Å². The summed E-state index contributed by atoms with van der Waals surface area (Å²) in [6, 6.07) is 6.94. The molecule has 0 aromatic heterocycles. The summed E-state index contributed by atoms with van der Waals surface area (Å²) < 4.78 is 52.5. The second kappa shape index (κ2) is 5.97. The molecule has 0 aliphatic carbocycles. The van der Waals surface area contributed by atoms with Crippen molar-refractivity contribution in [1.82, 2.24) is 0 Å². The first-order chi connectivity index (χ1) is 9.92. The summed E-state index contributed by atoms with van der Waals surface area (Å²) in [7, 11) is -2.02. The Hall–Kier alpha value is -2.33. The van der Waals surface area contributed by atoms with Crippen molar-refractivity contribution in [3.8, 4) is 6.07 Å². The molecule has 21 heavy (non-hydrogen) atoms. The quantitative estimate of drug-likeness (QED) is 0.886. The van der Waals surface area contributed by atoms with Crippen molar-refractivity contribution < 1.29 is 17.4 Å². The first-order valence-electron chi connectivity index (χ1n) is 5.73. The molecule has 108 valence electrons. The van der Waals surface area contributed by atoms with E-state index < -0.39 is 33.1 Å². The molecule has 0 heterocycles. The third kappa shape index (κ3) is 3.23. The van der Waals surface area contributed by atoms with Gasteiger partial charge >= 0.3 is 0 Å². The maximum atomic E-state index is 13.6. The molecule has 0 amide bonds. The van der Waals surface area contributed by atoms with E-state index >= 15 is 0 Å². The molecule has 0 spiro atoms. The van der Waals surface area contributed by atoms with Crippen LogP contribution in [0.3, 0.4) is 0 Å². The molecule has 0 bridgehead atoms. The number of rotatable bonds is 3. The van der Waals surface area contributed by atoms with Gasteiger partial charge in [0.15, 0.2) is 0 Å². The van der Waals surface area contributed by atoms with E-state index in [9.17, 15) is 17.4 Å². The standard InChI is InChI=1S/C14H9F3N2OS/c15-11-2-1-8(3-9(11)6-18)7-21(20)14-12(16)4-10(19)5-13(14)17/h1-5H,7,19H2. The monoisotopic (exact) mass is 310 g/mol. The third-order valence-electron chi connectivity index (χ3n) is 2.70. The van der Waals surface area contributed by atoms with Crippen molar-refractivity contribution in [2.24, 2.45) is 0 Å². The van der Waals surface area contributed by atoms with E-state index in [2.05, 4.69) is 0 Å². The van der Waals surface area contributed by atoms with E-state index in [0.717, 1.165) is 18.2 Å². The zero-order chi connectivity index (χ0) is 15.6. The Kier molecular flexibility index (Phi) is 4.29. The first-order valence-corrected chi connectivity index (χ1v) is 7.05. The highest BCUT2D eigenvalue weighted by atomic mass is 32.2. The van der Waals surface area contributed by atoms with Gasteiger partial charge in [-0.25, -0.2) is 13.2 Å². The Labute approximate surface area is 121 Å². The van der Waals surface area contributed by atoms with E-state index in [1.54, 1.807) is 6.07 Å². The zero-order valence-electron chi connectivity index (χ0n) is 10.6. The van der Waals surface area contributed by atoms with Crippen molar-refractivity contribution in [3.05, 3.63) is 58.9 Å². The molecular weight excluding hydrogens is 301 g/mol. The van der Waals surface area contributed by atoms with E-state index in [0.29, 0.717) is 5.56 Å². The van der Waals surface area contributed by atoms with Gasteiger partial charge in [-0.15, -0.1) is 0 Å². The Balaban J connectivity index is 2.33. The number of hydrogen-bond acceptors (Lipinski definition) is 3. The highest BCUT2D eigenvalue weighted by molar-refractivity contribution is 7.84. The summed E-state index contributed by atoms with van der Waals surface area (Å²) in [5.41, 5.74) is 5.28. The Morgan fingerprint density at radius 3 is 2.29 bits per heavy atom. The minimum absolute atomic E-state index is 0.112. The molecule has 1 atom stereocenters. The summed E-state index contributed by atoms with van der Waals surface area (Å²) in [5.74, 6) is -2.97. The molecule has 2 N–H and O–H groups in total. The molecule has 0 radical (unpaired) electrons. The lowest BCUT2D eigenvalue weighted by Gasteiger charge is -2.07. The molecule has 1 unspecified atom stereocenters. The molecule has 0 fully saturated rings. The summed E-state index contributed by atoms with van der Waals surface area (Å²) >= 11 is 0. The van der Waals surface area contributed by atoms with Gasteiger partial charge in [-0.3, -0.25) is 4.21 Å². The van der Waals surface area contributed by atoms with E-state index in [4.69, 9.17) is 11.0 Å². The summed E-state index contributed by atoms with van der Waals surface area (Å²) in [6.07, 6.45) is 0. The minimum Gasteiger partial charge on any atom is -0.399 e. The highest BCUT2D eigenvalue weighted by Crippen LogP contribution is 2.23. The van der Waals surface area contributed by atoms with Crippen LogP contribution in [0.25, 0.3) is 0 Å². The van der Waals surface area contributed by atoms with Gasteiger partial charge in [0, 0.05) is 5.69 Å². The van der Waals surface area contributed by atoms with Crippen LogP contribution in [0.15, 0.2) is 35.2 Å². The second-order valence-corrected chi connectivity index (χ2v) is 5.62. The fraction of sp³-hybridized carbons (Fsp3) is 0.0714. The van der Waals surface area contributed by atoms with Crippen LogP contribution in [-0.2, 0) is 16.6 Å². The fourth-order valence-electron chi connectivity index (χ4n) is 1.77. The molecule has 7 heteroatoms. The van der Waals surface area contributed by atoms with Crippen LogP contribution in [0.4, 0.5) is 18.9 Å². The SMILES string of the molecule is N#Cc1cc(CS(=O)c2c(F)cc(N)cc2F)ccc1F. The van der Waals surface area contributed by atoms with Crippen LogP contribution in [0.1, 0.15) is 11.1 Å². The number of hydrogen-bond donors (Lipinski definition) is 1. The molecule has 3 nitrogen and oxygen atoms in total. The van der Waals surface area contributed by atoms with Gasteiger partial charge in [-0.2, -0.15) is 5.26 Å². The van der Waals surface area contributed by atoms with Gasteiger partial charge < -0.3 is 5.73 Å². The van der Waals surface area contributed by atoms with Crippen molar-refractivity contribution in [1.29, 1.82) is 5.26 Å². The van der Waals surface area contributed by atoms with Crippen LogP contribution in [0, 0.1) is 28.8 Å². The van der Waals surface area contributed by atoms with E-state index in [-0.39, 0.29) is 17.0 Å². The van der Waals surface area contributed by atoms with E-state index in [1.165, 1.54) is 12.1 Å². The number of nitrogen functional groups attached to an aromatic ring is 1. The molecule has 0 saturated heterocycles. The topological polar surface area (TPSA) is 66.9 Å². The largest absolute Gasteiger partial charge is 0.399 e. The van der Waals surface area contributed by atoms with Crippen LogP contribution >= 0.6 is 0 Å². The smallest absolute Gasteiger partial charge is 0.144 e. The van der Waals surface area contributed by atoms with Crippen LogP contribution in [0.2, 0.25) is 0 Å². The van der Waals surface area contributed by atoms with E-state index in [1.807, 2.05) is 0 Å². The average molecular weight is 310 g/mol. The zero-order valence-corrected chi connectivity index (χ0v) is 11.4. The predicted molar refractivity (Wildman–Crippen MR) is 72.0 cm³/mol. The molecule has 2 aromatic carbocycles. The summed E-state index contributed by atoms with van der Waals surface area (Å²) in [4.78, 5) is -0.591. The number of halogens is 3. The molecule has 2 aromatic rings. The average Bonchev–Trinajstić information content (AvgIpc) is 2.39. The number of nitrogens with two attached hydrogens (primary N) is 1. The van der Waals surface area contributed by atoms with Gasteiger partial charge in [0.2, 0.25) is 0 Å². The maximum Gasteiger partial charge on any atom is 0.144 e. The number of anilines is 1. The van der Waals surface area contributed by atoms with Gasteiger partial charge in [0.25, 0.3) is 0 Å². The Bertz CT molecular complexity index is 748. The second-order valence-electron chi connectivity index (χ2n) is 4.23. The molecule has 0 saturated carbocycles. The lowest BCUT2D eigenvalue weighted by atomic mass is 10.1. The molecule has 0 aliphatic rings. The third-order valence-corrected chi connectivity index (χ3v) is 4.14. The van der Waals surface area contributed by atoms with Crippen LogP contribution in [-0.4, -0.2) is 4.21 Å². The lowest BCUT2D eigenvalue weighted by molar-refractivity contribution is 0.535. The highest BCUT2D eigenvalue weighted by Gasteiger charge is 2.18. The molecule has 0 aliphatic heterocycles. The summed E-state index contributed by atoms with van der Waals surface area (Å²) in [5, 5.41) is 8.71. The van der Waals surface area contributed by atoms with Crippen LogP contribution < -0.4 is 5.73 Å². The minimum atomic E-state index is -2.02. The van der Waals surface area contributed by atoms with Gasteiger partial charge in [0.05, 0.1) is 22.1 Å². The Morgan fingerprint density at radius 2 is 1.71 bits per heavy atom. The fourth-order valence-corrected chi connectivity index (χ4v) is 2.95. The molecular formula is C14H9F3N2OS. The lowest BCUT2D eigenvalue weighted by Crippen LogP contribution is -2.04. The summed E-state index contributed by atoms with van der Waals surface area (Å²) in [6.45, 7) is 0.